The number of ether oxygens (including phenoxy) is 1. The lowest BCUT2D eigenvalue weighted by Crippen LogP contribution is -2.55. The van der Waals surface area contributed by atoms with E-state index in [1.807, 2.05) is 0 Å². The molecule has 144 valence electrons. The van der Waals surface area contributed by atoms with E-state index in [4.69, 9.17) is 4.74 Å². The van der Waals surface area contributed by atoms with Gasteiger partial charge in [-0.25, -0.2) is 12.8 Å². The zero-order valence-corrected chi connectivity index (χ0v) is 15.3. The number of nitrogens with zero attached hydrogens (tertiary/aromatic N) is 1. The number of aliphatic hydroxyl groups is 1. The van der Waals surface area contributed by atoms with Crippen molar-refractivity contribution in [2.45, 2.75) is 44.7 Å². The molecule has 1 aromatic carbocycles. The highest BCUT2D eigenvalue weighted by Gasteiger charge is 2.44. The van der Waals surface area contributed by atoms with Crippen LogP contribution in [0, 0.1) is 11.7 Å². The van der Waals surface area contributed by atoms with Crippen molar-refractivity contribution in [3.8, 4) is 0 Å². The topological polar surface area (TPSA) is 95.9 Å². The molecule has 2 aliphatic heterocycles. The fourth-order valence-electron chi connectivity index (χ4n) is 3.64. The van der Waals surface area contributed by atoms with Crippen LogP contribution in [-0.2, 0) is 32.6 Å². The van der Waals surface area contributed by atoms with E-state index >= 15 is 0 Å². The first-order chi connectivity index (χ1) is 12.2. The molecule has 1 amide bonds. The molecule has 3 rings (SSSR count). The maximum Gasteiger partial charge on any atom is 0.215 e. The Morgan fingerprint density at radius 2 is 2.19 bits per heavy atom. The second-order valence-electron chi connectivity index (χ2n) is 7.03. The van der Waals surface area contributed by atoms with Gasteiger partial charge in [-0.15, -0.1) is 0 Å². The molecule has 0 spiro atoms. The molecule has 0 bridgehead atoms. The second kappa shape index (κ2) is 7.22. The first-order valence-corrected chi connectivity index (χ1v) is 10.1. The van der Waals surface area contributed by atoms with Crippen molar-refractivity contribution >= 4 is 16.4 Å². The van der Waals surface area contributed by atoms with Crippen LogP contribution < -0.4 is 5.32 Å². The number of fused-ring (bicyclic) bond motifs is 1. The Kier molecular flexibility index (Phi) is 5.34. The summed E-state index contributed by atoms with van der Waals surface area (Å²) in [6, 6.07) is 4.23. The molecule has 3 atom stereocenters. The van der Waals surface area contributed by atoms with Gasteiger partial charge < -0.3 is 15.2 Å². The summed E-state index contributed by atoms with van der Waals surface area (Å²) in [5, 5.41) is 12.9. The number of nitrogens with one attached hydrogen (secondary N) is 1. The van der Waals surface area contributed by atoms with E-state index in [-0.39, 0.29) is 18.8 Å². The van der Waals surface area contributed by atoms with Gasteiger partial charge in [-0.05, 0) is 43.0 Å². The van der Waals surface area contributed by atoms with Crippen molar-refractivity contribution in [3.05, 3.63) is 35.1 Å². The normalized spacial score (nSPS) is 24.0. The molecule has 2 heterocycles. The van der Waals surface area contributed by atoms with Crippen LogP contribution in [0.15, 0.2) is 18.2 Å². The monoisotopic (exact) mass is 386 g/mol. The fourth-order valence-corrected chi connectivity index (χ4v) is 5.51. The van der Waals surface area contributed by atoms with E-state index in [1.54, 1.807) is 6.07 Å². The van der Waals surface area contributed by atoms with Gasteiger partial charge in [-0.3, -0.25) is 4.79 Å². The van der Waals surface area contributed by atoms with Crippen LogP contribution in [0.3, 0.4) is 0 Å². The van der Waals surface area contributed by atoms with Crippen LogP contribution in [-0.4, -0.2) is 48.4 Å². The molecule has 1 saturated heterocycles. The highest BCUT2D eigenvalue weighted by molar-refractivity contribution is 7.89. The van der Waals surface area contributed by atoms with Crippen LogP contribution in [0.2, 0.25) is 0 Å². The zero-order valence-electron chi connectivity index (χ0n) is 14.5. The van der Waals surface area contributed by atoms with Gasteiger partial charge in [0, 0.05) is 25.6 Å². The number of hydrogen-bond acceptors (Lipinski definition) is 5. The molecule has 9 heteroatoms. The Morgan fingerprint density at radius 3 is 2.85 bits per heavy atom. The molecular formula is C17H23FN2O5S. The van der Waals surface area contributed by atoms with Crippen LogP contribution in [0.4, 0.5) is 4.39 Å². The van der Waals surface area contributed by atoms with Crippen LogP contribution in [0.5, 0.6) is 0 Å². The van der Waals surface area contributed by atoms with Gasteiger partial charge in [0.2, 0.25) is 16.4 Å². The molecule has 0 saturated carbocycles. The average molecular weight is 386 g/mol. The van der Waals surface area contributed by atoms with E-state index in [0.717, 1.165) is 12.0 Å². The number of halogens is 1. The Labute approximate surface area is 152 Å². The lowest BCUT2D eigenvalue weighted by molar-refractivity contribution is -0.123. The fraction of sp³-hybridized carbons (Fsp3) is 0.588. The molecular weight excluding hydrogens is 363 g/mol. The Hall–Kier alpha value is -1.55. The maximum atomic E-state index is 13.4. The summed E-state index contributed by atoms with van der Waals surface area (Å²) in [6.45, 7) is 2.13. The molecule has 0 radical (unpaired) electrons. The summed E-state index contributed by atoms with van der Waals surface area (Å²) in [5.74, 6) is -1.60. The number of rotatable bonds is 7. The summed E-state index contributed by atoms with van der Waals surface area (Å²) in [4.78, 5) is 10.8. The predicted molar refractivity (Wildman–Crippen MR) is 91.7 cm³/mol. The van der Waals surface area contributed by atoms with Gasteiger partial charge in [-0.1, -0.05) is 6.07 Å². The van der Waals surface area contributed by atoms with E-state index in [0.29, 0.717) is 25.0 Å². The molecule has 2 aliphatic rings. The van der Waals surface area contributed by atoms with Gasteiger partial charge in [-0.2, -0.15) is 4.31 Å². The molecule has 0 aromatic heterocycles. The van der Waals surface area contributed by atoms with Gasteiger partial charge >= 0.3 is 0 Å². The summed E-state index contributed by atoms with van der Waals surface area (Å²) in [7, 11) is -3.76. The van der Waals surface area contributed by atoms with Gasteiger partial charge in [0.1, 0.15) is 11.5 Å². The summed E-state index contributed by atoms with van der Waals surface area (Å²) >= 11 is 0. The third-order valence-corrected chi connectivity index (χ3v) is 6.96. The quantitative estimate of drug-likeness (QED) is 0.532. The lowest BCUT2D eigenvalue weighted by Gasteiger charge is -2.36. The summed E-state index contributed by atoms with van der Waals surface area (Å²) < 4.78 is 46.1. The molecule has 0 aliphatic carbocycles. The van der Waals surface area contributed by atoms with Crippen molar-refractivity contribution < 1.29 is 27.4 Å². The number of carbonyl (C=O) groups is 1. The van der Waals surface area contributed by atoms with Crippen molar-refractivity contribution in [3.63, 3.8) is 0 Å². The van der Waals surface area contributed by atoms with Crippen molar-refractivity contribution in [1.29, 1.82) is 0 Å². The molecule has 1 aromatic rings. The molecule has 2 N–H and O–H groups in total. The minimum absolute atomic E-state index is 0.0942. The van der Waals surface area contributed by atoms with Crippen LogP contribution in [0.25, 0.3) is 0 Å². The summed E-state index contributed by atoms with van der Waals surface area (Å²) in [5.41, 5.74) is -0.316. The highest BCUT2D eigenvalue weighted by Crippen LogP contribution is 2.32. The third-order valence-electron chi connectivity index (χ3n) is 5.13. The lowest BCUT2D eigenvalue weighted by atomic mass is 9.91. The van der Waals surface area contributed by atoms with E-state index < -0.39 is 33.6 Å². The standard InChI is InChI=1S/C17H23FN2O5S/c1-17(22,19-11-21)15(16-3-2-6-25-16)10-26(23,24)20-8-12-4-5-14(18)7-13(12)9-20/h4-5,7,11,15-16,22H,2-3,6,8-10H2,1H3,(H,19,21)/t15-,16-,17-/m1/s1. The van der Waals surface area contributed by atoms with Crippen LogP contribution in [0.1, 0.15) is 30.9 Å². The zero-order chi connectivity index (χ0) is 18.9. The Balaban J connectivity index is 1.80. The molecule has 1 fully saturated rings. The largest absolute Gasteiger partial charge is 0.378 e. The molecule has 26 heavy (non-hydrogen) atoms. The smallest absolute Gasteiger partial charge is 0.215 e. The second-order valence-corrected chi connectivity index (χ2v) is 9.04. The van der Waals surface area contributed by atoms with Crippen molar-refractivity contribution in [2.75, 3.05) is 12.4 Å². The SMILES string of the molecule is C[C@](O)(NC=O)[C@H](CS(=O)(=O)N1Cc2ccc(F)cc2C1)[C@H]1CCCO1. The number of hydrogen-bond donors (Lipinski definition) is 2. The predicted octanol–water partition coefficient (Wildman–Crippen LogP) is 0.721. The van der Waals surface area contributed by atoms with Crippen molar-refractivity contribution in [2.24, 2.45) is 5.92 Å². The first kappa shape index (κ1) is 19.2. The number of amides is 1. The number of carbonyl (C=O) groups excluding carboxylic acids is 1. The minimum Gasteiger partial charge on any atom is -0.378 e. The minimum atomic E-state index is -3.76. The Morgan fingerprint density at radius 1 is 1.46 bits per heavy atom. The molecule has 7 nitrogen and oxygen atoms in total. The van der Waals surface area contributed by atoms with Crippen LogP contribution >= 0.6 is 0 Å². The van der Waals surface area contributed by atoms with E-state index in [2.05, 4.69) is 5.32 Å². The summed E-state index contributed by atoms with van der Waals surface area (Å²) in [6.07, 6.45) is 1.27. The van der Waals surface area contributed by atoms with Crippen molar-refractivity contribution in [1.82, 2.24) is 9.62 Å². The Bertz CT molecular complexity index is 777. The van der Waals surface area contributed by atoms with Gasteiger partial charge in [0.05, 0.1) is 11.9 Å². The van der Waals surface area contributed by atoms with Gasteiger partial charge in [0.25, 0.3) is 0 Å². The average Bonchev–Trinajstić information content (AvgIpc) is 3.21. The highest BCUT2D eigenvalue weighted by atomic mass is 32.2. The third kappa shape index (κ3) is 3.90. The van der Waals surface area contributed by atoms with E-state index in [9.17, 15) is 22.7 Å². The number of sulfonamides is 1. The first-order valence-electron chi connectivity index (χ1n) is 8.53. The molecule has 0 unspecified atom stereocenters. The number of benzene rings is 1. The maximum absolute atomic E-state index is 13.4. The van der Waals surface area contributed by atoms with E-state index in [1.165, 1.54) is 23.4 Å². The van der Waals surface area contributed by atoms with Gasteiger partial charge in [0.15, 0.2) is 0 Å².